The molecule has 1 heterocycles. The van der Waals surface area contributed by atoms with Gasteiger partial charge in [-0.05, 0) is 47.9 Å². The Morgan fingerprint density at radius 1 is 1.22 bits per heavy atom. The SMILES string of the molecule is COc1ccc(C(NN)c2ccncc2)c(C)c1. The van der Waals surface area contributed by atoms with Gasteiger partial charge in [0.25, 0.3) is 0 Å². The highest BCUT2D eigenvalue weighted by Crippen LogP contribution is 2.26. The van der Waals surface area contributed by atoms with Crippen LogP contribution in [0, 0.1) is 6.92 Å². The lowest BCUT2D eigenvalue weighted by atomic mass is 9.96. The Morgan fingerprint density at radius 2 is 1.94 bits per heavy atom. The lowest BCUT2D eigenvalue weighted by Crippen LogP contribution is -2.29. The predicted octanol–water partition coefficient (Wildman–Crippen LogP) is 1.95. The number of hydrogen-bond donors (Lipinski definition) is 2. The summed E-state index contributed by atoms with van der Waals surface area (Å²) >= 11 is 0. The van der Waals surface area contributed by atoms with Crippen LogP contribution in [0.3, 0.4) is 0 Å². The lowest BCUT2D eigenvalue weighted by molar-refractivity contribution is 0.414. The van der Waals surface area contributed by atoms with Gasteiger partial charge in [-0.1, -0.05) is 6.07 Å². The molecule has 4 nitrogen and oxygen atoms in total. The van der Waals surface area contributed by atoms with Crippen LogP contribution in [0.5, 0.6) is 5.75 Å². The molecule has 1 atom stereocenters. The van der Waals surface area contributed by atoms with Gasteiger partial charge in [0.15, 0.2) is 0 Å². The van der Waals surface area contributed by atoms with Gasteiger partial charge in [0.2, 0.25) is 0 Å². The fourth-order valence-electron chi connectivity index (χ4n) is 2.02. The molecule has 4 heteroatoms. The second kappa shape index (κ2) is 5.62. The zero-order valence-corrected chi connectivity index (χ0v) is 10.6. The Bertz CT molecular complexity index is 514. The largest absolute Gasteiger partial charge is 0.497 e. The van der Waals surface area contributed by atoms with E-state index < -0.39 is 0 Å². The number of pyridine rings is 1. The molecule has 1 unspecified atom stereocenters. The number of hydrogen-bond acceptors (Lipinski definition) is 4. The van der Waals surface area contributed by atoms with Crippen LogP contribution in [0.1, 0.15) is 22.7 Å². The fourth-order valence-corrected chi connectivity index (χ4v) is 2.02. The predicted molar refractivity (Wildman–Crippen MR) is 71.1 cm³/mol. The molecule has 0 radical (unpaired) electrons. The van der Waals surface area contributed by atoms with Crippen LogP contribution in [-0.2, 0) is 0 Å². The van der Waals surface area contributed by atoms with Gasteiger partial charge in [0, 0.05) is 12.4 Å². The van der Waals surface area contributed by atoms with E-state index >= 15 is 0 Å². The van der Waals surface area contributed by atoms with Crippen LogP contribution < -0.4 is 16.0 Å². The minimum atomic E-state index is -0.0427. The van der Waals surface area contributed by atoms with Gasteiger partial charge < -0.3 is 4.74 Å². The Kier molecular flexibility index (Phi) is 3.92. The normalized spacial score (nSPS) is 12.2. The number of nitrogens with one attached hydrogen (secondary N) is 1. The second-order valence-electron chi connectivity index (χ2n) is 4.10. The summed E-state index contributed by atoms with van der Waals surface area (Å²) in [6.07, 6.45) is 3.52. The smallest absolute Gasteiger partial charge is 0.119 e. The number of nitrogens with zero attached hydrogens (tertiary/aromatic N) is 1. The van der Waals surface area contributed by atoms with Gasteiger partial charge in [0.1, 0.15) is 5.75 Å². The van der Waals surface area contributed by atoms with E-state index in [0.29, 0.717) is 0 Å². The van der Waals surface area contributed by atoms with E-state index in [0.717, 1.165) is 22.4 Å². The molecule has 2 aromatic rings. The summed E-state index contributed by atoms with van der Waals surface area (Å²) < 4.78 is 5.21. The molecule has 0 fully saturated rings. The molecule has 0 saturated carbocycles. The molecule has 0 saturated heterocycles. The van der Waals surface area contributed by atoms with Crippen molar-refractivity contribution in [2.75, 3.05) is 7.11 Å². The van der Waals surface area contributed by atoms with E-state index in [1.165, 1.54) is 0 Å². The first-order chi connectivity index (χ1) is 8.76. The molecule has 0 aliphatic carbocycles. The summed E-state index contributed by atoms with van der Waals surface area (Å²) in [4.78, 5) is 4.02. The average molecular weight is 243 g/mol. The Hall–Kier alpha value is -1.91. The van der Waals surface area contributed by atoms with Gasteiger partial charge in [-0.2, -0.15) is 0 Å². The maximum atomic E-state index is 5.67. The number of aryl methyl sites for hydroxylation is 1. The van der Waals surface area contributed by atoms with Crippen molar-refractivity contribution in [1.29, 1.82) is 0 Å². The number of benzene rings is 1. The molecule has 3 N–H and O–H groups in total. The van der Waals surface area contributed by atoms with Crippen molar-refractivity contribution in [2.24, 2.45) is 5.84 Å². The third kappa shape index (κ3) is 2.50. The van der Waals surface area contributed by atoms with Gasteiger partial charge >= 0.3 is 0 Å². The van der Waals surface area contributed by atoms with Crippen LogP contribution in [-0.4, -0.2) is 12.1 Å². The molecule has 94 valence electrons. The van der Waals surface area contributed by atoms with E-state index in [1.807, 2.05) is 37.3 Å². The molecule has 0 aliphatic heterocycles. The summed E-state index contributed by atoms with van der Waals surface area (Å²) in [6, 6.07) is 9.83. The third-order valence-corrected chi connectivity index (χ3v) is 2.99. The van der Waals surface area contributed by atoms with Gasteiger partial charge in [0.05, 0.1) is 13.2 Å². The number of rotatable bonds is 4. The minimum absolute atomic E-state index is 0.0427. The van der Waals surface area contributed by atoms with E-state index in [9.17, 15) is 0 Å². The summed E-state index contributed by atoms with van der Waals surface area (Å²) in [5.74, 6) is 6.52. The molecule has 2 rings (SSSR count). The summed E-state index contributed by atoms with van der Waals surface area (Å²) in [7, 11) is 1.66. The van der Waals surface area contributed by atoms with Crippen molar-refractivity contribution in [3.63, 3.8) is 0 Å². The van der Waals surface area contributed by atoms with Crippen LogP contribution in [0.25, 0.3) is 0 Å². The number of nitrogens with two attached hydrogens (primary N) is 1. The van der Waals surface area contributed by atoms with E-state index in [2.05, 4.69) is 10.4 Å². The van der Waals surface area contributed by atoms with Crippen molar-refractivity contribution in [3.8, 4) is 5.75 Å². The minimum Gasteiger partial charge on any atom is -0.497 e. The van der Waals surface area contributed by atoms with Crippen LogP contribution in [0.4, 0.5) is 0 Å². The molecular formula is C14H17N3O. The Morgan fingerprint density at radius 3 is 2.50 bits per heavy atom. The van der Waals surface area contributed by atoms with Crippen molar-refractivity contribution in [2.45, 2.75) is 13.0 Å². The first-order valence-corrected chi connectivity index (χ1v) is 5.77. The summed E-state index contributed by atoms with van der Waals surface area (Å²) in [5, 5.41) is 0. The van der Waals surface area contributed by atoms with Crippen LogP contribution >= 0.6 is 0 Å². The monoisotopic (exact) mass is 243 g/mol. The van der Waals surface area contributed by atoms with E-state index in [4.69, 9.17) is 10.6 Å². The van der Waals surface area contributed by atoms with Crippen molar-refractivity contribution in [1.82, 2.24) is 10.4 Å². The zero-order chi connectivity index (χ0) is 13.0. The van der Waals surface area contributed by atoms with Crippen molar-refractivity contribution < 1.29 is 4.74 Å². The quantitative estimate of drug-likeness (QED) is 0.636. The molecule has 0 amide bonds. The first kappa shape index (κ1) is 12.5. The zero-order valence-electron chi connectivity index (χ0n) is 10.6. The maximum Gasteiger partial charge on any atom is 0.119 e. The Labute approximate surface area is 107 Å². The topological polar surface area (TPSA) is 60.2 Å². The van der Waals surface area contributed by atoms with Crippen molar-refractivity contribution >= 4 is 0 Å². The second-order valence-corrected chi connectivity index (χ2v) is 4.10. The molecule has 0 aliphatic rings. The maximum absolute atomic E-state index is 5.67. The highest BCUT2D eigenvalue weighted by molar-refractivity contribution is 5.40. The van der Waals surface area contributed by atoms with Crippen LogP contribution in [0.2, 0.25) is 0 Å². The highest BCUT2D eigenvalue weighted by Gasteiger charge is 2.14. The van der Waals surface area contributed by atoms with Gasteiger partial charge in [-0.25, -0.2) is 5.43 Å². The molecule has 1 aromatic heterocycles. The summed E-state index contributed by atoms with van der Waals surface area (Å²) in [6.45, 7) is 2.05. The number of hydrazine groups is 1. The average Bonchev–Trinajstić information content (AvgIpc) is 2.42. The lowest BCUT2D eigenvalue weighted by Gasteiger charge is -2.19. The molecule has 18 heavy (non-hydrogen) atoms. The summed E-state index contributed by atoms with van der Waals surface area (Å²) in [5.41, 5.74) is 6.19. The van der Waals surface area contributed by atoms with Crippen LogP contribution in [0.15, 0.2) is 42.7 Å². The standard InChI is InChI=1S/C14H17N3O/c1-10-9-12(18-2)3-4-13(10)14(17-15)11-5-7-16-8-6-11/h3-9,14,17H,15H2,1-2H3. The number of methoxy groups -OCH3 is 1. The molecular weight excluding hydrogens is 226 g/mol. The van der Waals surface area contributed by atoms with Gasteiger partial charge in [-0.15, -0.1) is 0 Å². The highest BCUT2D eigenvalue weighted by atomic mass is 16.5. The Balaban J connectivity index is 2.39. The number of ether oxygens (including phenoxy) is 1. The molecule has 0 spiro atoms. The van der Waals surface area contributed by atoms with Crippen molar-refractivity contribution in [3.05, 3.63) is 59.4 Å². The molecule has 1 aromatic carbocycles. The molecule has 0 bridgehead atoms. The van der Waals surface area contributed by atoms with E-state index in [1.54, 1.807) is 19.5 Å². The first-order valence-electron chi connectivity index (χ1n) is 5.77. The van der Waals surface area contributed by atoms with E-state index in [-0.39, 0.29) is 6.04 Å². The number of aromatic nitrogens is 1. The fraction of sp³-hybridized carbons (Fsp3) is 0.214. The third-order valence-electron chi connectivity index (χ3n) is 2.99. The van der Waals surface area contributed by atoms with Gasteiger partial charge in [-0.3, -0.25) is 10.8 Å².